The maximum Gasteiger partial charge on any atom is 0.244 e. The molecule has 0 saturated carbocycles. The highest BCUT2D eigenvalue weighted by atomic mass is 35.5. The number of nitrogens with zero attached hydrogens (tertiary/aromatic N) is 1. The number of fused-ring (bicyclic) bond motifs is 1. The van der Waals surface area contributed by atoms with Gasteiger partial charge in [-0.2, -0.15) is 0 Å². The Kier molecular flexibility index (Phi) is 3.27. The number of carbonyl (C=O) groups excluding carboxylic acids is 1. The van der Waals surface area contributed by atoms with Crippen LogP contribution < -0.4 is 15.8 Å². The number of carbonyl (C=O) groups is 1. The Morgan fingerprint density at radius 3 is 3.21 bits per heavy atom. The van der Waals surface area contributed by atoms with E-state index in [0.29, 0.717) is 11.6 Å². The fourth-order valence-electron chi connectivity index (χ4n) is 1.07. The Labute approximate surface area is 87.1 Å². The molecule has 0 radical (unpaired) electrons. The summed E-state index contributed by atoms with van der Waals surface area (Å²) >= 11 is 0. The molecule has 1 aromatic heterocycles. The Morgan fingerprint density at radius 1 is 1.64 bits per heavy atom. The molecular weight excluding hydrogens is 206 g/mol. The van der Waals surface area contributed by atoms with Crippen molar-refractivity contribution in [2.24, 2.45) is 5.73 Å². The molecule has 1 aromatic rings. The second-order valence-corrected chi connectivity index (χ2v) is 2.76. The summed E-state index contributed by atoms with van der Waals surface area (Å²) in [4.78, 5) is 15.2. The summed E-state index contributed by atoms with van der Waals surface area (Å²) in [5, 5.41) is 2.62. The summed E-state index contributed by atoms with van der Waals surface area (Å²) in [7, 11) is 0. The summed E-state index contributed by atoms with van der Waals surface area (Å²) < 4.78 is 5.21. The third kappa shape index (κ3) is 1.94. The predicted molar refractivity (Wildman–Crippen MR) is 53.6 cm³/mol. The smallest absolute Gasteiger partial charge is 0.244 e. The highest BCUT2D eigenvalue weighted by molar-refractivity contribution is 5.96. The monoisotopic (exact) mass is 215 g/mol. The number of hydrogen-bond acceptors (Lipinski definition) is 4. The third-order valence-electron chi connectivity index (χ3n) is 1.77. The quantitative estimate of drug-likeness (QED) is 0.647. The van der Waals surface area contributed by atoms with Crippen molar-refractivity contribution < 1.29 is 9.53 Å². The number of hydrogen-bond donors (Lipinski definition) is 2. The van der Waals surface area contributed by atoms with Crippen molar-refractivity contribution in [3.63, 3.8) is 0 Å². The summed E-state index contributed by atoms with van der Waals surface area (Å²) in [6.45, 7) is 0.163. The topological polar surface area (TPSA) is 77.2 Å². The maximum atomic E-state index is 11.2. The lowest BCUT2D eigenvalue weighted by molar-refractivity contribution is -0.117. The number of nitrogens with two attached hydrogens (primary N) is 1. The first-order valence-electron chi connectivity index (χ1n) is 3.91. The third-order valence-corrected chi connectivity index (χ3v) is 1.77. The number of ether oxygens (including phenoxy) is 1. The average molecular weight is 216 g/mol. The second-order valence-electron chi connectivity index (χ2n) is 2.76. The Bertz CT molecular complexity index is 345. The van der Waals surface area contributed by atoms with E-state index in [2.05, 4.69) is 10.3 Å². The molecule has 0 saturated heterocycles. The summed E-state index contributed by atoms with van der Waals surface area (Å²) in [5.41, 5.74) is 6.06. The van der Waals surface area contributed by atoms with E-state index in [1.807, 2.05) is 0 Å². The lowest BCUT2D eigenvalue weighted by Crippen LogP contribution is -2.38. The summed E-state index contributed by atoms with van der Waals surface area (Å²) in [5.74, 6) is 0.176. The van der Waals surface area contributed by atoms with Gasteiger partial charge in [-0.25, -0.2) is 4.98 Å². The molecule has 1 aliphatic heterocycles. The molecule has 1 aliphatic rings. The van der Waals surface area contributed by atoms with Gasteiger partial charge in [0.1, 0.15) is 18.3 Å². The van der Waals surface area contributed by atoms with Crippen molar-refractivity contribution >= 4 is 24.0 Å². The number of aromatic nitrogens is 1. The fraction of sp³-hybridized carbons (Fsp3) is 0.250. The van der Waals surface area contributed by atoms with Gasteiger partial charge in [0.15, 0.2) is 0 Å². The minimum Gasteiger partial charge on any atom is -0.474 e. The molecule has 2 rings (SSSR count). The molecule has 6 heteroatoms. The van der Waals surface area contributed by atoms with Crippen LogP contribution in [0.5, 0.6) is 5.88 Å². The second kappa shape index (κ2) is 4.26. The Balaban J connectivity index is 0.000000980. The highest BCUT2D eigenvalue weighted by Gasteiger charge is 2.21. The van der Waals surface area contributed by atoms with Gasteiger partial charge in [0.25, 0.3) is 0 Å². The molecule has 0 aliphatic carbocycles. The van der Waals surface area contributed by atoms with Crippen LogP contribution in [0.3, 0.4) is 0 Å². The number of halogens is 1. The van der Waals surface area contributed by atoms with Crippen LogP contribution in [0, 0.1) is 0 Å². The van der Waals surface area contributed by atoms with E-state index in [9.17, 15) is 4.79 Å². The minimum atomic E-state index is -0.630. The normalized spacial score (nSPS) is 19.5. The zero-order valence-corrected chi connectivity index (χ0v) is 8.08. The van der Waals surface area contributed by atoms with Gasteiger partial charge in [0, 0.05) is 6.20 Å². The van der Waals surface area contributed by atoms with E-state index in [-0.39, 0.29) is 24.9 Å². The van der Waals surface area contributed by atoms with Crippen molar-refractivity contribution in [1.29, 1.82) is 0 Å². The number of nitrogens with one attached hydrogen (secondary N) is 1. The van der Waals surface area contributed by atoms with Crippen molar-refractivity contribution in [3.8, 4) is 5.88 Å². The SMILES string of the molecule is Cl.N[C@H]1COc2ncccc2NC1=O. The zero-order valence-electron chi connectivity index (χ0n) is 7.27. The van der Waals surface area contributed by atoms with Crippen LogP contribution in [0.4, 0.5) is 5.69 Å². The van der Waals surface area contributed by atoms with Gasteiger partial charge < -0.3 is 15.8 Å². The van der Waals surface area contributed by atoms with E-state index in [4.69, 9.17) is 10.5 Å². The van der Waals surface area contributed by atoms with Crippen molar-refractivity contribution in [3.05, 3.63) is 18.3 Å². The zero-order chi connectivity index (χ0) is 9.26. The maximum absolute atomic E-state index is 11.2. The van der Waals surface area contributed by atoms with Crippen LogP contribution in [0.2, 0.25) is 0 Å². The lowest BCUT2D eigenvalue weighted by atomic mass is 10.3. The first kappa shape index (κ1) is 10.7. The van der Waals surface area contributed by atoms with Crippen molar-refractivity contribution in [2.75, 3.05) is 11.9 Å². The van der Waals surface area contributed by atoms with E-state index in [1.54, 1.807) is 18.3 Å². The van der Waals surface area contributed by atoms with Crippen LogP contribution in [-0.2, 0) is 4.79 Å². The van der Waals surface area contributed by atoms with E-state index in [1.165, 1.54) is 0 Å². The van der Waals surface area contributed by atoms with Gasteiger partial charge in [0.05, 0.1) is 0 Å². The summed E-state index contributed by atoms with van der Waals surface area (Å²) in [6.07, 6.45) is 1.60. The van der Waals surface area contributed by atoms with Crippen LogP contribution in [-0.4, -0.2) is 23.5 Å². The van der Waals surface area contributed by atoms with Crippen molar-refractivity contribution in [2.45, 2.75) is 6.04 Å². The standard InChI is InChI=1S/C8H9N3O2.ClH/c9-5-4-13-8-6(11-7(5)12)2-1-3-10-8;/h1-3,5H,4,9H2,(H,11,12);1H/t5-;/m0./s1. The van der Waals surface area contributed by atoms with E-state index in [0.717, 1.165) is 0 Å². The van der Waals surface area contributed by atoms with Gasteiger partial charge in [-0.1, -0.05) is 0 Å². The number of anilines is 1. The molecule has 2 heterocycles. The fourth-order valence-corrected chi connectivity index (χ4v) is 1.07. The minimum absolute atomic E-state index is 0. The van der Waals surface area contributed by atoms with Gasteiger partial charge in [-0.05, 0) is 12.1 Å². The molecule has 0 unspecified atom stereocenters. The number of pyridine rings is 1. The molecule has 5 nitrogen and oxygen atoms in total. The van der Waals surface area contributed by atoms with Crippen molar-refractivity contribution in [1.82, 2.24) is 4.98 Å². The number of rotatable bonds is 0. The molecule has 0 aromatic carbocycles. The van der Waals surface area contributed by atoms with Crippen LogP contribution in [0.15, 0.2) is 18.3 Å². The van der Waals surface area contributed by atoms with Gasteiger partial charge in [0.2, 0.25) is 11.8 Å². The molecule has 0 fully saturated rings. The average Bonchev–Trinajstić information content (AvgIpc) is 2.28. The van der Waals surface area contributed by atoms with Gasteiger partial charge in [-0.15, -0.1) is 12.4 Å². The molecule has 0 bridgehead atoms. The highest BCUT2D eigenvalue weighted by Crippen LogP contribution is 2.22. The van der Waals surface area contributed by atoms with Crippen LogP contribution >= 0.6 is 12.4 Å². The Hall–Kier alpha value is -1.33. The molecule has 1 amide bonds. The lowest BCUT2D eigenvalue weighted by Gasteiger charge is -2.03. The molecule has 14 heavy (non-hydrogen) atoms. The van der Waals surface area contributed by atoms with Gasteiger partial charge in [-0.3, -0.25) is 4.79 Å². The molecular formula is C8H10ClN3O2. The summed E-state index contributed by atoms with van der Waals surface area (Å²) in [6, 6.07) is 2.81. The van der Waals surface area contributed by atoms with E-state index >= 15 is 0 Å². The van der Waals surface area contributed by atoms with Crippen LogP contribution in [0.1, 0.15) is 0 Å². The molecule has 0 spiro atoms. The predicted octanol–water partition coefficient (Wildman–Crippen LogP) is 0.162. The molecule has 3 N–H and O–H groups in total. The first-order valence-corrected chi connectivity index (χ1v) is 3.91. The largest absolute Gasteiger partial charge is 0.474 e. The first-order chi connectivity index (χ1) is 6.27. The number of amides is 1. The molecule has 1 atom stereocenters. The van der Waals surface area contributed by atoms with E-state index < -0.39 is 6.04 Å². The molecule has 76 valence electrons. The van der Waals surface area contributed by atoms with Gasteiger partial charge >= 0.3 is 0 Å². The van der Waals surface area contributed by atoms with Crippen LogP contribution in [0.25, 0.3) is 0 Å². The Morgan fingerprint density at radius 2 is 2.43 bits per heavy atom.